The number of rotatable bonds is 19. The average molecular weight is 857 g/mol. The van der Waals surface area contributed by atoms with Crippen LogP contribution in [0.25, 0.3) is 21.8 Å². The Bertz CT molecular complexity index is 1920. The summed E-state index contributed by atoms with van der Waals surface area (Å²) in [4.78, 5) is 110. The number of nitrogens with two attached hydrogens (primary N) is 2. The van der Waals surface area contributed by atoms with E-state index in [9.17, 15) is 43.5 Å². The van der Waals surface area contributed by atoms with Gasteiger partial charge >= 0.3 is 34.3 Å². The zero-order valence-corrected chi connectivity index (χ0v) is 30.3. The van der Waals surface area contributed by atoms with E-state index in [1.165, 1.54) is 18.3 Å². The molecule has 3 aromatic rings. The number of carbonyl (C=O) groups excluding carboxylic acids is 4. The summed E-state index contributed by atoms with van der Waals surface area (Å²) in [5, 5.41) is 42.0. The molecule has 0 fully saturated rings. The second kappa shape index (κ2) is 21.6. The van der Waals surface area contributed by atoms with Crippen LogP contribution in [0.1, 0.15) is 35.3 Å². The van der Waals surface area contributed by atoms with Crippen LogP contribution >= 0.6 is 0 Å². The Kier molecular flexibility index (Phi) is 17.7. The van der Waals surface area contributed by atoms with Gasteiger partial charge in [-0.3, -0.25) is 29.0 Å². The average Bonchev–Trinajstić information content (AvgIpc) is 3.13. The third-order valence-corrected chi connectivity index (χ3v) is 7.18. The first-order chi connectivity index (χ1) is 25.6. The number of nitrogens with zero attached hydrogens (tertiary/aromatic N) is 5. The third kappa shape index (κ3) is 13.9. The summed E-state index contributed by atoms with van der Waals surface area (Å²) < 4.78 is 8.22. The number of carbonyl (C=O) groups is 7. The fraction of sp³-hybridized carbons (Fsp3) is 0.345. The summed E-state index contributed by atoms with van der Waals surface area (Å²) >= 11 is 5.50. The van der Waals surface area contributed by atoms with E-state index < -0.39 is 96.4 Å². The molecule has 1 aromatic carbocycles. The molecule has 0 saturated carbocycles. The predicted octanol–water partition coefficient (Wildman–Crippen LogP) is -2.16. The van der Waals surface area contributed by atoms with Crippen molar-refractivity contribution >= 4 is 77.0 Å². The van der Waals surface area contributed by atoms with Gasteiger partial charge in [0.15, 0.2) is 11.2 Å². The van der Waals surface area contributed by atoms with Crippen molar-refractivity contribution in [2.45, 2.75) is 50.0 Å². The number of hydrogen-bond acceptors (Lipinski definition) is 16. The second-order valence-electron chi connectivity index (χ2n) is 10.8. The van der Waals surface area contributed by atoms with Gasteiger partial charge < -0.3 is 75.6 Å². The van der Waals surface area contributed by atoms with Crippen molar-refractivity contribution in [3.63, 3.8) is 0 Å². The molecule has 0 unspecified atom stereocenters. The SMILES string of the molecule is Nc1nc2ncc(CNc3ccc(C(=O)N[C@H](CCC(=O)NC[C@H](N)C(=O)[N-][C@@H](CC(=O)O)C(=O)[N-][C@@H](C[S-])C(=O)O)C(=O)O)cc3)nc2c(=O)[nH]1.[O]=[Tc+3]. The van der Waals surface area contributed by atoms with Crippen molar-refractivity contribution in [2.75, 3.05) is 23.3 Å². The van der Waals surface area contributed by atoms with Crippen LogP contribution in [0, 0.1) is 0 Å². The molecule has 54 heavy (non-hydrogen) atoms. The van der Waals surface area contributed by atoms with E-state index in [4.69, 9.17) is 25.2 Å². The Labute approximate surface area is 319 Å². The number of carboxylic acids is 3. The quantitative estimate of drug-likeness (QED) is 0.0580. The van der Waals surface area contributed by atoms with Gasteiger partial charge in [0.05, 0.1) is 30.4 Å². The third-order valence-electron chi connectivity index (χ3n) is 6.87. The number of nitrogens with one attached hydrogen (secondary N) is 4. The summed E-state index contributed by atoms with van der Waals surface area (Å²) in [6, 6.07) is -0.667. The predicted molar refractivity (Wildman–Crippen MR) is 182 cm³/mol. The van der Waals surface area contributed by atoms with E-state index in [1.54, 1.807) is 12.1 Å². The van der Waals surface area contributed by atoms with Crippen molar-refractivity contribution < 1.29 is 71.2 Å². The molecular formula is C29H32N11O12STc. The van der Waals surface area contributed by atoms with Crippen molar-refractivity contribution in [1.82, 2.24) is 30.6 Å². The van der Waals surface area contributed by atoms with Crippen LogP contribution in [-0.2, 0) is 70.3 Å². The number of aliphatic carboxylic acids is 3. The van der Waals surface area contributed by atoms with Gasteiger partial charge in [0, 0.05) is 36.5 Å². The van der Waals surface area contributed by atoms with Crippen LogP contribution in [-0.4, -0.2) is 113 Å². The molecule has 2 aromatic heterocycles. The number of fused-ring (bicyclic) bond motifs is 1. The van der Waals surface area contributed by atoms with Crippen LogP contribution < -0.4 is 33.0 Å². The molecular weight excluding hydrogens is 824 g/mol. The van der Waals surface area contributed by atoms with Crippen molar-refractivity contribution in [3.8, 4) is 0 Å². The number of amides is 4. The summed E-state index contributed by atoms with van der Waals surface area (Å²) in [6.07, 6.45) is -0.377. The van der Waals surface area contributed by atoms with E-state index in [1.807, 2.05) is 0 Å². The molecule has 25 heteroatoms. The molecule has 288 valence electrons. The molecule has 2 heterocycles. The van der Waals surface area contributed by atoms with Crippen molar-refractivity contribution in [1.29, 1.82) is 0 Å². The normalized spacial score (nSPS) is 12.7. The molecule has 4 atom stereocenters. The van der Waals surface area contributed by atoms with Crippen LogP contribution in [0.5, 0.6) is 0 Å². The van der Waals surface area contributed by atoms with Crippen molar-refractivity contribution in [3.05, 3.63) is 62.7 Å². The number of benzene rings is 1. The molecule has 0 radical (unpaired) electrons. The van der Waals surface area contributed by atoms with Gasteiger partial charge in [-0.25, -0.2) is 14.8 Å². The molecule has 0 aliphatic carbocycles. The minimum atomic E-state index is -1.89. The fourth-order valence-corrected chi connectivity index (χ4v) is 4.39. The van der Waals surface area contributed by atoms with Gasteiger partial charge in [0.2, 0.25) is 11.9 Å². The molecule has 3 rings (SSSR count). The van der Waals surface area contributed by atoms with E-state index >= 15 is 0 Å². The monoisotopic (exact) mass is 855 g/mol. The Hall–Kier alpha value is -5.91. The first-order valence-electron chi connectivity index (χ1n) is 15.2. The first-order valence-corrected chi connectivity index (χ1v) is 16.5. The number of hydrogen-bond donors (Lipinski definition) is 9. The summed E-state index contributed by atoms with van der Waals surface area (Å²) in [5.41, 5.74) is 11.8. The maximum absolute atomic E-state index is 12.8. The molecule has 0 aliphatic rings. The number of aromatic nitrogens is 4. The Morgan fingerprint density at radius 1 is 0.944 bits per heavy atom. The topological polar surface area (TPSA) is 385 Å². The Balaban J connectivity index is 0.00000495. The Morgan fingerprint density at radius 2 is 1.59 bits per heavy atom. The maximum atomic E-state index is 12.8. The van der Waals surface area contributed by atoms with E-state index in [-0.39, 0.29) is 35.6 Å². The van der Waals surface area contributed by atoms with E-state index in [0.717, 1.165) is 18.9 Å². The number of aromatic amines is 1. The summed E-state index contributed by atoms with van der Waals surface area (Å²) in [7, 11) is 0. The molecule has 0 spiro atoms. The molecule has 0 aliphatic heterocycles. The van der Waals surface area contributed by atoms with E-state index in [2.05, 4.69) is 59.1 Å². The van der Waals surface area contributed by atoms with Crippen LogP contribution in [0.3, 0.4) is 0 Å². The molecule has 0 bridgehead atoms. The van der Waals surface area contributed by atoms with Gasteiger partial charge in [-0.1, -0.05) is 6.04 Å². The molecule has 23 nitrogen and oxygen atoms in total. The number of carboxylic acid groups (broad SMARTS) is 3. The fourth-order valence-electron chi connectivity index (χ4n) is 4.17. The first kappa shape index (κ1) is 44.3. The van der Waals surface area contributed by atoms with Gasteiger partial charge in [-0.05, 0) is 36.7 Å². The standard InChI is InChI=1S/C29H35N11O11S.O.Tc/c30-15(24(45)37-17(7-20(42)43)25(46)38-18(11-52)28(50)51)10-33-19(41)6-5-16(27(48)49)36-23(44)12-1-3-13(4-2-12)32-8-14-9-34-22-21(35-14)26(47)40-29(31)39-22;;/h1-4,9,15-18H,5-8,10-11,30H2,(H12,31,32,33,34,36,37,38,39,40,41,42,43,44,45,46,47,48,49,50,51,52);;/q;;+3/p-3/t15-,16+,17-,18-;;/m0../s1. The molecule has 4 amide bonds. The number of anilines is 2. The van der Waals surface area contributed by atoms with Crippen LogP contribution in [0.2, 0.25) is 0 Å². The number of H-pyrrole nitrogens is 1. The zero-order chi connectivity index (χ0) is 40.5. The second-order valence-corrected chi connectivity index (χ2v) is 11.1. The number of nitrogen functional groups attached to an aromatic ring is 1. The zero-order valence-electron chi connectivity index (χ0n) is 27.6. The minimum absolute atomic E-state index is 0.00430. The van der Waals surface area contributed by atoms with Gasteiger partial charge in [-0.2, -0.15) is 10.7 Å². The van der Waals surface area contributed by atoms with Gasteiger partial charge in [-0.15, -0.1) is 0 Å². The van der Waals surface area contributed by atoms with Gasteiger partial charge in [0.25, 0.3) is 17.4 Å². The van der Waals surface area contributed by atoms with Crippen LogP contribution in [0.15, 0.2) is 35.3 Å². The summed E-state index contributed by atoms with van der Waals surface area (Å²) in [5.74, 6) is -9.11. The van der Waals surface area contributed by atoms with Gasteiger partial charge in [0.1, 0.15) is 6.04 Å². The van der Waals surface area contributed by atoms with E-state index in [0.29, 0.717) is 11.4 Å². The molecule has 0 saturated heterocycles. The Morgan fingerprint density at radius 3 is 2.19 bits per heavy atom. The summed E-state index contributed by atoms with van der Waals surface area (Å²) in [6.45, 7) is -0.389. The van der Waals surface area contributed by atoms with Crippen molar-refractivity contribution in [2.24, 2.45) is 5.73 Å². The molecule has 11 N–H and O–H groups in total. The van der Waals surface area contributed by atoms with Crippen LogP contribution in [0.4, 0.5) is 11.6 Å².